The van der Waals surface area contributed by atoms with Gasteiger partial charge in [0.1, 0.15) is 5.75 Å². The molecule has 0 saturated carbocycles. The van der Waals surface area contributed by atoms with Gasteiger partial charge in [0.05, 0.1) is 6.10 Å². The molecule has 1 spiro atoms. The van der Waals surface area contributed by atoms with Gasteiger partial charge in [0.2, 0.25) is 0 Å². The molecule has 2 fully saturated rings. The monoisotopic (exact) mass is 358 g/mol. The number of ether oxygens (including phenoxy) is 1. The van der Waals surface area contributed by atoms with Crippen LogP contribution in [0, 0.1) is 5.41 Å². The normalized spacial score (nSPS) is 27.2. The van der Waals surface area contributed by atoms with Crippen molar-refractivity contribution in [1.29, 1.82) is 0 Å². The Balaban J connectivity index is 1.60. The third kappa shape index (κ3) is 4.46. The molecular formula is C21H30N2O3. The zero-order valence-corrected chi connectivity index (χ0v) is 15.6. The molecule has 2 heterocycles. The van der Waals surface area contributed by atoms with E-state index in [0.717, 1.165) is 45.4 Å². The van der Waals surface area contributed by atoms with Gasteiger partial charge in [0.25, 0.3) is 5.91 Å². The Morgan fingerprint density at radius 1 is 1.31 bits per heavy atom. The van der Waals surface area contributed by atoms with E-state index in [0.29, 0.717) is 12.3 Å². The maximum Gasteiger partial charge on any atom is 0.260 e. The zero-order chi connectivity index (χ0) is 18.4. The fraction of sp³-hybridized carbons (Fsp3) is 0.571. The van der Waals surface area contributed by atoms with Crippen molar-refractivity contribution in [1.82, 2.24) is 9.80 Å². The van der Waals surface area contributed by atoms with E-state index < -0.39 is 0 Å². The summed E-state index contributed by atoms with van der Waals surface area (Å²) in [7, 11) is 0. The Kier molecular flexibility index (Phi) is 6.33. The molecule has 1 aromatic rings. The lowest BCUT2D eigenvalue weighted by molar-refractivity contribution is -0.143. The summed E-state index contributed by atoms with van der Waals surface area (Å²) < 4.78 is 5.62. The first-order valence-electron chi connectivity index (χ1n) is 9.60. The maximum atomic E-state index is 12.7. The molecule has 2 aliphatic heterocycles. The van der Waals surface area contributed by atoms with Crippen LogP contribution in [0.4, 0.5) is 0 Å². The summed E-state index contributed by atoms with van der Waals surface area (Å²) in [6.07, 6.45) is 6.57. The number of hydrogen-bond donors (Lipinski definition) is 1. The van der Waals surface area contributed by atoms with E-state index in [1.54, 1.807) is 0 Å². The van der Waals surface area contributed by atoms with Crippen LogP contribution in [0.1, 0.15) is 26.2 Å². The highest BCUT2D eigenvalue weighted by Gasteiger charge is 2.46. The van der Waals surface area contributed by atoms with E-state index in [1.165, 1.54) is 0 Å². The second kappa shape index (κ2) is 8.69. The number of allylic oxidation sites excluding steroid dienone is 1. The molecule has 0 aromatic heterocycles. The van der Waals surface area contributed by atoms with Crippen LogP contribution in [0.15, 0.2) is 42.5 Å². The van der Waals surface area contributed by atoms with Crippen LogP contribution < -0.4 is 4.74 Å². The van der Waals surface area contributed by atoms with Crippen LogP contribution in [-0.4, -0.2) is 66.2 Å². The Hall–Kier alpha value is -1.85. The van der Waals surface area contributed by atoms with Gasteiger partial charge < -0.3 is 14.7 Å². The number of amides is 1. The number of nitrogens with zero attached hydrogens (tertiary/aromatic N) is 2. The lowest BCUT2D eigenvalue weighted by atomic mass is 9.71. The highest BCUT2D eigenvalue weighted by Crippen LogP contribution is 2.38. The van der Waals surface area contributed by atoms with E-state index in [-0.39, 0.29) is 24.0 Å². The first kappa shape index (κ1) is 18.9. The molecule has 0 bridgehead atoms. The van der Waals surface area contributed by atoms with Gasteiger partial charge in [-0.15, -0.1) is 0 Å². The summed E-state index contributed by atoms with van der Waals surface area (Å²) in [4.78, 5) is 16.9. The summed E-state index contributed by atoms with van der Waals surface area (Å²) >= 11 is 0. The van der Waals surface area contributed by atoms with Crippen LogP contribution in [-0.2, 0) is 4.79 Å². The summed E-state index contributed by atoms with van der Waals surface area (Å²) in [5.74, 6) is 0.716. The van der Waals surface area contributed by atoms with Gasteiger partial charge in [-0.2, -0.15) is 0 Å². The van der Waals surface area contributed by atoms with Gasteiger partial charge in [0.15, 0.2) is 6.61 Å². The number of carbonyl (C=O) groups excluding carboxylic acids is 1. The number of aliphatic hydroxyl groups is 1. The molecule has 1 N–H and O–H groups in total. The van der Waals surface area contributed by atoms with Crippen LogP contribution in [0.5, 0.6) is 5.75 Å². The number of para-hydroxylation sites is 1. The fourth-order valence-corrected chi connectivity index (χ4v) is 4.18. The van der Waals surface area contributed by atoms with E-state index >= 15 is 0 Å². The fourth-order valence-electron chi connectivity index (χ4n) is 4.18. The number of likely N-dealkylation sites (tertiary alicyclic amines) is 2. The Morgan fingerprint density at radius 3 is 2.88 bits per heavy atom. The average molecular weight is 358 g/mol. The number of piperidine rings is 2. The van der Waals surface area contributed by atoms with Gasteiger partial charge in [0, 0.05) is 38.1 Å². The second-order valence-corrected chi connectivity index (χ2v) is 7.49. The first-order chi connectivity index (χ1) is 12.6. The quantitative estimate of drug-likeness (QED) is 0.821. The molecule has 26 heavy (non-hydrogen) atoms. The minimum Gasteiger partial charge on any atom is -0.484 e. The number of carbonyl (C=O) groups is 1. The predicted octanol–water partition coefficient (Wildman–Crippen LogP) is 2.32. The standard InChI is InChI=1S/C21H30N2O3/c1-2-3-12-22-14-10-19(24)21(16-22)11-7-13-23(17-21)20(25)15-26-18-8-5-4-6-9-18/h2-6,8-9,19,24H,7,10-17H2,1H3/t19-,21-/m1/s1. The molecule has 142 valence electrons. The average Bonchev–Trinajstić information content (AvgIpc) is 2.68. The number of rotatable bonds is 5. The van der Waals surface area contributed by atoms with Crippen LogP contribution in [0.25, 0.3) is 0 Å². The zero-order valence-electron chi connectivity index (χ0n) is 15.6. The van der Waals surface area contributed by atoms with Gasteiger partial charge in [-0.25, -0.2) is 0 Å². The molecule has 5 nitrogen and oxygen atoms in total. The lowest BCUT2D eigenvalue weighted by Crippen LogP contribution is -2.60. The van der Waals surface area contributed by atoms with Crippen molar-refractivity contribution in [2.24, 2.45) is 5.41 Å². The largest absolute Gasteiger partial charge is 0.484 e. The highest BCUT2D eigenvalue weighted by atomic mass is 16.5. The maximum absolute atomic E-state index is 12.7. The molecular weight excluding hydrogens is 328 g/mol. The van der Waals surface area contributed by atoms with Crippen molar-refractivity contribution < 1.29 is 14.6 Å². The minimum atomic E-state index is -0.338. The number of benzene rings is 1. The Morgan fingerprint density at radius 2 is 2.12 bits per heavy atom. The number of hydrogen-bond acceptors (Lipinski definition) is 4. The van der Waals surface area contributed by atoms with Crippen molar-refractivity contribution in [2.45, 2.75) is 32.3 Å². The molecule has 2 atom stereocenters. The molecule has 2 aliphatic rings. The molecule has 3 rings (SSSR count). The summed E-state index contributed by atoms with van der Waals surface area (Å²) in [5, 5.41) is 10.7. The number of aliphatic hydroxyl groups excluding tert-OH is 1. The van der Waals surface area contributed by atoms with Crippen molar-refractivity contribution in [3.05, 3.63) is 42.5 Å². The smallest absolute Gasteiger partial charge is 0.260 e. The summed E-state index contributed by atoms with van der Waals surface area (Å²) in [6, 6.07) is 9.43. The molecule has 0 radical (unpaired) electrons. The molecule has 0 unspecified atom stereocenters. The third-order valence-electron chi connectivity index (χ3n) is 5.63. The predicted molar refractivity (Wildman–Crippen MR) is 102 cm³/mol. The van der Waals surface area contributed by atoms with Crippen molar-refractivity contribution in [3.8, 4) is 5.75 Å². The topological polar surface area (TPSA) is 53.0 Å². The van der Waals surface area contributed by atoms with Crippen LogP contribution in [0.2, 0.25) is 0 Å². The van der Waals surface area contributed by atoms with Crippen LogP contribution >= 0.6 is 0 Å². The minimum absolute atomic E-state index is 0.00528. The molecule has 2 saturated heterocycles. The van der Waals surface area contributed by atoms with Crippen molar-refractivity contribution in [2.75, 3.05) is 39.3 Å². The van der Waals surface area contributed by atoms with Crippen LogP contribution in [0.3, 0.4) is 0 Å². The summed E-state index contributed by atoms with van der Waals surface area (Å²) in [6.45, 7) is 6.13. The Bertz CT molecular complexity index is 619. The first-order valence-corrected chi connectivity index (χ1v) is 9.60. The molecule has 1 amide bonds. The SMILES string of the molecule is CC=CCN1CC[C@@H](O)[C@]2(CCCN(C(=O)COc3ccccc3)C2)C1. The van der Waals surface area contributed by atoms with Gasteiger partial charge in [-0.05, 0) is 38.3 Å². The van der Waals surface area contributed by atoms with Gasteiger partial charge >= 0.3 is 0 Å². The van der Waals surface area contributed by atoms with E-state index in [1.807, 2.05) is 42.2 Å². The lowest BCUT2D eigenvalue weighted by Gasteiger charge is -2.51. The van der Waals surface area contributed by atoms with Gasteiger partial charge in [-0.1, -0.05) is 30.4 Å². The highest BCUT2D eigenvalue weighted by molar-refractivity contribution is 5.78. The molecule has 1 aromatic carbocycles. The van der Waals surface area contributed by atoms with Gasteiger partial charge in [-0.3, -0.25) is 9.69 Å². The van der Waals surface area contributed by atoms with E-state index in [9.17, 15) is 9.90 Å². The van der Waals surface area contributed by atoms with E-state index in [2.05, 4.69) is 17.1 Å². The summed E-state index contributed by atoms with van der Waals surface area (Å²) in [5.41, 5.74) is -0.208. The van der Waals surface area contributed by atoms with Crippen molar-refractivity contribution >= 4 is 5.91 Å². The second-order valence-electron chi connectivity index (χ2n) is 7.49. The molecule has 5 heteroatoms. The van der Waals surface area contributed by atoms with Crippen molar-refractivity contribution in [3.63, 3.8) is 0 Å². The third-order valence-corrected chi connectivity index (χ3v) is 5.63. The van der Waals surface area contributed by atoms with E-state index in [4.69, 9.17) is 4.74 Å². The Labute approximate surface area is 156 Å². The molecule has 0 aliphatic carbocycles.